The van der Waals surface area contributed by atoms with Gasteiger partial charge in [-0.2, -0.15) is 0 Å². The van der Waals surface area contributed by atoms with Crippen molar-refractivity contribution in [3.63, 3.8) is 0 Å². The fraction of sp³-hybridized carbons (Fsp3) is 0.120. The molecule has 174 valence electrons. The van der Waals surface area contributed by atoms with Gasteiger partial charge in [0.1, 0.15) is 12.4 Å². The molecule has 0 saturated carbocycles. The molecule has 1 aliphatic rings. The van der Waals surface area contributed by atoms with Crippen molar-refractivity contribution in [3.05, 3.63) is 98.1 Å². The first-order valence-corrected chi connectivity index (χ1v) is 11.7. The normalized spacial score (nSPS) is 14.7. The number of hydrogen-bond donors (Lipinski definition) is 0. The van der Waals surface area contributed by atoms with Gasteiger partial charge in [-0.15, -0.1) is 0 Å². The number of halogens is 3. The molecule has 0 radical (unpaired) electrons. The maximum absolute atomic E-state index is 13.2. The van der Waals surface area contributed by atoms with Gasteiger partial charge in [-0.05, 0) is 59.3 Å². The van der Waals surface area contributed by atoms with Crippen LogP contribution in [0.15, 0.2) is 65.6 Å². The zero-order valence-electron chi connectivity index (χ0n) is 17.9. The summed E-state index contributed by atoms with van der Waals surface area (Å²) in [5.41, 5.74) is 1.94. The van der Waals surface area contributed by atoms with E-state index in [9.17, 15) is 14.0 Å². The smallest absolute Gasteiger partial charge is 0.293 e. The number of methoxy groups -OCH3 is 1. The maximum atomic E-state index is 13.2. The summed E-state index contributed by atoms with van der Waals surface area (Å²) in [7, 11) is 1.51. The molecule has 1 saturated heterocycles. The average molecular weight is 518 g/mol. The third kappa shape index (κ3) is 5.38. The number of carbonyl (C=O) groups is 2. The number of thioether (sulfide) groups is 1. The van der Waals surface area contributed by atoms with Crippen molar-refractivity contribution in [1.82, 2.24) is 4.90 Å². The molecular formula is C25H18Cl2FNO4S. The van der Waals surface area contributed by atoms with Gasteiger partial charge in [-0.1, -0.05) is 53.5 Å². The summed E-state index contributed by atoms with van der Waals surface area (Å²) in [6, 6.07) is 16.1. The first-order chi connectivity index (χ1) is 16.4. The third-order valence-corrected chi connectivity index (χ3v) is 6.52. The highest BCUT2D eigenvalue weighted by molar-refractivity contribution is 8.18. The second-order valence-corrected chi connectivity index (χ2v) is 9.13. The van der Waals surface area contributed by atoms with Gasteiger partial charge in [0.25, 0.3) is 11.1 Å². The van der Waals surface area contributed by atoms with E-state index in [4.69, 9.17) is 32.7 Å². The van der Waals surface area contributed by atoms with Crippen molar-refractivity contribution in [2.24, 2.45) is 0 Å². The Kier molecular flexibility index (Phi) is 7.46. The highest BCUT2D eigenvalue weighted by Crippen LogP contribution is 2.38. The number of imide groups is 1. The Bertz CT molecular complexity index is 1280. The summed E-state index contributed by atoms with van der Waals surface area (Å²) in [5, 5.41) is 0.438. The van der Waals surface area contributed by atoms with E-state index in [0.717, 1.165) is 22.2 Å². The Balaban J connectivity index is 1.58. The number of hydrogen-bond acceptors (Lipinski definition) is 5. The Morgan fingerprint density at radius 2 is 1.82 bits per heavy atom. The lowest BCUT2D eigenvalue weighted by Crippen LogP contribution is -2.27. The van der Waals surface area contributed by atoms with Crippen LogP contribution in [0.5, 0.6) is 11.5 Å². The molecule has 0 aromatic heterocycles. The van der Waals surface area contributed by atoms with Crippen LogP contribution in [-0.4, -0.2) is 23.2 Å². The summed E-state index contributed by atoms with van der Waals surface area (Å²) in [6.45, 7) is 0.197. The van der Waals surface area contributed by atoms with E-state index in [1.807, 2.05) is 0 Å². The maximum Gasteiger partial charge on any atom is 0.293 e. The van der Waals surface area contributed by atoms with Crippen LogP contribution in [0.4, 0.5) is 9.18 Å². The van der Waals surface area contributed by atoms with Crippen LogP contribution in [0.2, 0.25) is 10.0 Å². The quantitative estimate of drug-likeness (QED) is 0.317. The molecule has 0 atom stereocenters. The molecule has 0 spiro atoms. The molecule has 1 fully saturated rings. The second kappa shape index (κ2) is 10.5. The van der Waals surface area contributed by atoms with Gasteiger partial charge in [0.05, 0.1) is 18.6 Å². The number of benzene rings is 3. The number of carbonyl (C=O) groups excluding carboxylic acids is 2. The number of ether oxygens (including phenoxy) is 2. The van der Waals surface area contributed by atoms with Crippen molar-refractivity contribution in [1.29, 1.82) is 0 Å². The Morgan fingerprint density at radius 1 is 1.06 bits per heavy atom. The van der Waals surface area contributed by atoms with Crippen LogP contribution in [0.3, 0.4) is 0 Å². The fourth-order valence-electron chi connectivity index (χ4n) is 3.30. The molecule has 34 heavy (non-hydrogen) atoms. The summed E-state index contributed by atoms with van der Waals surface area (Å²) < 4.78 is 24.6. The molecule has 5 nitrogen and oxygen atoms in total. The minimum Gasteiger partial charge on any atom is -0.493 e. The standard InChI is InChI=1S/C25H18Cl2FNO4S/c1-32-21-4-2-3-16(23(21)33-14-15-5-9-19(28)10-6-15)11-22-24(30)29(25(31)34-22)13-17-7-8-18(26)12-20(17)27/h2-12H,13-14H2,1H3/b22-11-. The highest BCUT2D eigenvalue weighted by atomic mass is 35.5. The first kappa shape index (κ1) is 24.1. The van der Waals surface area contributed by atoms with Crippen LogP contribution in [0.25, 0.3) is 6.08 Å². The van der Waals surface area contributed by atoms with Crippen molar-refractivity contribution in [3.8, 4) is 11.5 Å². The van der Waals surface area contributed by atoms with Crippen molar-refractivity contribution >= 4 is 52.2 Å². The summed E-state index contributed by atoms with van der Waals surface area (Å²) in [6.07, 6.45) is 1.59. The van der Waals surface area contributed by atoms with Crippen molar-refractivity contribution in [2.75, 3.05) is 7.11 Å². The van der Waals surface area contributed by atoms with Crippen molar-refractivity contribution in [2.45, 2.75) is 13.2 Å². The largest absolute Gasteiger partial charge is 0.493 e. The number of rotatable bonds is 7. The van der Waals surface area contributed by atoms with E-state index in [1.165, 1.54) is 19.2 Å². The lowest BCUT2D eigenvalue weighted by Gasteiger charge is -2.14. The Morgan fingerprint density at radius 3 is 2.53 bits per heavy atom. The molecule has 9 heteroatoms. The molecule has 4 rings (SSSR count). The molecule has 3 aromatic carbocycles. The van der Waals surface area contributed by atoms with Gasteiger partial charge in [0.15, 0.2) is 11.5 Å². The van der Waals surface area contributed by atoms with Gasteiger partial charge < -0.3 is 9.47 Å². The van der Waals surface area contributed by atoms with E-state index < -0.39 is 11.1 Å². The first-order valence-electron chi connectivity index (χ1n) is 10.1. The number of amides is 2. The van der Waals surface area contributed by atoms with E-state index in [2.05, 4.69) is 0 Å². The van der Waals surface area contributed by atoms with E-state index in [-0.39, 0.29) is 23.9 Å². The monoisotopic (exact) mass is 517 g/mol. The minimum atomic E-state index is -0.437. The van der Waals surface area contributed by atoms with Crippen LogP contribution in [0, 0.1) is 5.82 Å². The SMILES string of the molecule is COc1cccc(/C=C2\SC(=O)N(Cc3ccc(Cl)cc3Cl)C2=O)c1OCc1ccc(F)cc1. The predicted molar refractivity (Wildman–Crippen MR) is 132 cm³/mol. The lowest BCUT2D eigenvalue weighted by atomic mass is 10.1. The van der Waals surface area contributed by atoms with Gasteiger partial charge in [-0.3, -0.25) is 14.5 Å². The highest BCUT2D eigenvalue weighted by Gasteiger charge is 2.35. The second-order valence-electron chi connectivity index (χ2n) is 7.30. The number of nitrogens with zero attached hydrogens (tertiary/aromatic N) is 1. The Labute approximate surface area is 210 Å². The van der Waals surface area contributed by atoms with Crippen LogP contribution < -0.4 is 9.47 Å². The molecule has 1 heterocycles. The van der Waals surface area contributed by atoms with Crippen LogP contribution in [-0.2, 0) is 17.9 Å². The minimum absolute atomic E-state index is 0.0318. The summed E-state index contributed by atoms with van der Waals surface area (Å²) >= 11 is 13.0. The van der Waals surface area contributed by atoms with Gasteiger partial charge in [-0.25, -0.2) is 4.39 Å². The van der Waals surface area contributed by atoms with E-state index in [0.29, 0.717) is 32.7 Å². The molecule has 0 N–H and O–H groups in total. The van der Waals surface area contributed by atoms with Crippen LogP contribution >= 0.6 is 35.0 Å². The zero-order valence-corrected chi connectivity index (χ0v) is 20.2. The number of para-hydroxylation sites is 1. The summed E-state index contributed by atoms with van der Waals surface area (Å²) in [5.74, 6) is 0.0931. The molecule has 0 aliphatic carbocycles. The molecule has 0 bridgehead atoms. The third-order valence-electron chi connectivity index (χ3n) is 5.03. The van der Waals surface area contributed by atoms with Gasteiger partial charge in [0, 0.05) is 15.6 Å². The molecular weight excluding hydrogens is 500 g/mol. The molecule has 0 unspecified atom stereocenters. The predicted octanol–water partition coefficient (Wildman–Crippen LogP) is 6.96. The van der Waals surface area contributed by atoms with Crippen LogP contribution in [0.1, 0.15) is 16.7 Å². The molecule has 2 amide bonds. The topological polar surface area (TPSA) is 55.8 Å². The molecule has 3 aromatic rings. The average Bonchev–Trinajstić information content (AvgIpc) is 3.08. The fourth-order valence-corrected chi connectivity index (χ4v) is 4.59. The Hall–Kier alpha value is -3.00. The lowest BCUT2D eigenvalue weighted by molar-refractivity contribution is -0.123. The van der Waals surface area contributed by atoms with Crippen molar-refractivity contribution < 1.29 is 23.5 Å². The molecule has 1 aliphatic heterocycles. The zero-order chi connectivity index (χ0) is 24.2. The van der Waals surface area contributed by atoms with Gasteiger partial charge >= 0.3 is 0 Å². The van der Waals surface area contributed by atoms with E-state index in [1.54, 1.807) is 54.6 Å². The van der Waals surface area contributed by atoms with Gasteiger partial charge in [0.2, 0.25) is 0 Å². The van der Waals surface area contributed by atoms with E-state index >= 15 is 0 Å². The summed E-state index contributed by atoms with van der Waals surface area (Å²) in [4.78, 5) is 27.0.